The Labute approximate surface area is 121 Å². The van der Waals surface area contributed by atoms with Crippen molar-refractivity contribution in [1.29, 1.82) is 0 Å². The van der Waals surface area contributed by atoms with E-state index in [2.05, 4.69) is 26.8 Å². The lowest BCUT2D eigenvalue weighted by Gasteiger charge is -2.34. The van der Waals surface area contributed by atoms with E-state index in [1.54, 1.807) is 0 Å². The van der Waals surface area contributed by atoms with Gasteiger partial charge in [-0.15, -0.1) is 0 Å². The quantitative estimate of drug-likeness (QED) is 0.806. The van der Waals surface area contributed by atoms with Gasteiger partial charge in [-0.3, -0.25) is 9.59 Å². The Balaban J connectivity index is 2.59. The summed E-state index contributed by atoms with van der Waals surface area (Å²) in [6.07, 6.45) is 3.37. The first-order valence-electron chi connectivity index (χ1n) is 7.20. The molecule has 0 bridgehead atoms. The first kappa shape index (κ1) is 16.7. The molecule has 0 aromatic heterocycles. The van der Waals surface area contributed by atoms with E-state index in [0.29, 0.717) is 6.54 Å². The molecule has 0 saturated carbocycles. The third-order valence-electron chi connectivity index (χ3n) is 3.78. The molecule has 0 saturated heterocycles. The van der Waals surface area contributed by atoms with Gasteiger partial charge in [-0.2, -0.15) is 0 Å². The summed E-state index contributed by atoms with van der Waals surface area (Å²) < 4.78 is 0. The van der Waals surface area contributed by atoms with Crippen LogP contribution in [0.4, 0.5) is 0 Å². The summed E-state index contributed by atoms with van der Waals surface area (Å²) in [5.41, 5.74) is 1.07. The summed E-state index contributed by atoms with van der Waals surface area (Å²) in [5.74, 6) is -0.795. The van der Waals surface area contributed by atoms with Gasteiger partial charge in [0.1, 0.15) is 0 Å². The second-order valence-corrected chi connectivity index (χ2v) is 7.48. The summed E-state index contributed by atoms with van der Waals surface area (Å²) in [6, 6.07) is 0. The van der Waals surface area contributed by atoms with Crippen LogP contribution >= 0.6 is 0 Å². The fourth-order valence-corrected chi connectivity index (χ4v) is 2.57. The second-order valence-electron chi connectivity index (χ2n) is 7.48. The second kappa shape index (κ2) is 5.98. The van der Waals surface area contributed by atoms with Gasteiger partial charge in [-0.05, 0) is 17.3 Å². The molecule has 1 heterocycles. The smallest absolute Gasteiger partial charge is 0.303 e. The van der Waals surface area contributed by atoms with E-state index in [-0.39, 0.29) is 24.2 Å². The highest BCUT2D eigenvalue weighted by Crippen LogP contribution is 2.31. The van der Waals surface area contributed by atoms with E-state index in [4.69, 9.17) is 5.11 Å². The topological polar surface area (TPSA) is 57.6 Å². The molecule has 0 aliphatic carbocycles. The fourth-order valence-electron chi connectivity index (χ4n) is 2.57. The van der Waals surface area contributed by atoms with Crippen molar-refractivity contribution < 1.29 is 14.7 Å². The molecular formula is C16H27NO3. The predicted molar refractivity (Wildman–Crippen MR) is 79.4 cm³/mol. The standard InChI is InChI=1S/C16H27NO3/c1-15(2,3)12-6-8-17(9-7-12)13(18)10-16(4,5)11-14(19)20/h6H,7-11H2,1-5H3,(H,19,20). The van der Waals surface area contributed by atoms with Crippen LogP contribution in [0.25, 0.3) is 0 Å². The number of hydrogen-bond donors (Lipinski definition) is 1. The number of rotatable bonds is 4. The molecule has 0 aromatic rings. The van der Waals surface area contributed by atoms with Gasteiger partial charge >= 0.3 is 5.97 Å². The normalized spacial score (nSPS) is 16.9. The third kappa shape index (κ3) is 4.99. The van der Waals surface area contributed by atoms with Crippen LogP contribution < -0.4 is 0 Å². The highest BCUT2D eigenvalue weighted by molar-refractivity contribution is 5.78. The Hall–Kier alpha value is -1.32. The molecule has 1 aliphatic heterocycles. The van der Waals surface area contributed by atoms with E-state index < -0.39 is 11.4 Å². The lowest BCUT2D eigenvalue weighted by atomic mass is 9.82. The number of nitrogens with zero attached hydrogens (tertiary/aromatic N) is 1. The van der Waals surface area contributed by atoms with Crippen LogP contribution in [0, 0.1) is 10.8 Å². The first-order valence-corrected chi connectivity index (χ1v) is 7.20. The average Bonchev–Trinajstić information content (AvgIpc) is 2.25. The first-order chi connectivity index (χ1) is 9.01. The number of aliphatic carboxylic acids is 1. The van der Waals surface area contributed by atoms with Crippen LogP contribution in [-0.4, -0.2) is 35.0 Å². The average molecular weight is 281 g/mol. The summed E-state index contributed by atoms with van der Waals surface area (Å²) in [7, 11) is 0. The van der Waals surface area contributed by atoms with Crippen LogP contribution in [0.2, 0.25) is 0 Å². The Bertz CT molecular complexity index is 416. The minimum absolute atomic E-state index is 0.0235. The van der Waals surface area contributed by atoms with Crippen LogP contribution in [0.15, 0.2) is 11.6 Å². The van der Waals surface area contributed by atoms with Gasteiger partial charge in [0.25, 0.3) is 0 Å². The zero-order valence-electron chi connectivity index (χ0n) is 13.3. The highest BCUT2D eigenvalue weighted by atomic mass is 16.4. The van der Waals surface area contributed by atoms with E-state index >= 15 is 0 Å². The van der Waals surface area contributed by atoms with Crippen LogP contribution in [0.5, 0.6) is 0 Å². The molecule has 1 N–H and O–H groups in total. The van der Waals surface area contributed by atoms with Gasteiger partial charge in [-0.1, -0.05) is 46.3 Å². The third-order valence-corrected chi connectivity index (χ3v) is 3.78. The van der Waals surface area contributed by atoms with Crippen molar-refractivity contribution >= 4 is 11.9 Å². The number of carbonyl (C=O) groups is 2. The Morgan fingerprint density at radius 1 is 1.20 bits per heavy atom. The fraction of sp³-hybridized carbons (Fsp3) is 0.750. The molecule has 0 radical (unpaired) electrons. The van der Waals surface area contributed by atoms with Crippen molar-refractivity contribution in [2.24, 2.45) is 10.8 Å². The molecule has 0 atom stereocenters. The van der Waals surface area contributed by atoms with Gasteiger partial charge in [0, 0.05) is 19.5 Å². The SMILES string of the molecule is CC(C)(CC(=O)O)CC(=O)N1CC=C(C(C)(C)C)CC1. The lowest BCUT2D eigenvalue weighted by molar-refractivity contribution is -0.140. The summed E-state index contributed by atoms with van der Waals surface area (Å²) in [5, 5.41) is 8.86. The Morgan fingerprint density at radius 3 is 2.20 bits per heavy atom. The van der Waals surface area contributed by atoms with Crippen LogP contribution in [-0.2, 0) is 9.59 Å². The molecule has 1 rings (SSSR count). The molecule has 114 valence electrons. The predicted octanol–water partition coefficient (Wildman–Crippen LogP) is 3.08. The summed E-state index contributed by atoms with van der Waals surface area (Å²) >= 11 is 0. The molecule has 0 fully saturated rings. The van der Waals surface area contributed by atoms with Gasteiger partial charge in [0.2, 0.25) is 5.91 Å². The zero-order chi connectivity index (χ0) is 15.6. The Morgan fingerprint density at radius 2 is 1.80 bits per heavy atom. The molecule has 0 spiro atoms. The van der Waals surface area contributed by atoms with Crippen LogP contribution in [0.1, 0.15) is 53.9 Å². The number of carbonyl (C=O) groups excluding carboxylic acids is 1. The van der Waals surface area contributed by atoms with E-state index in [1.807, 2.05) is 18.7 Å². The molecule has 0 unspecified atom stereocenters. The van der Waals surface area contributed by atoms with Crippen molar-refractivity contribution in [1.82, 2.24) is 4.90 Å². The van der Waals surface area contributed by atoms with Gasteiger partial charge in [-0.25, -0.2) is 0 Å². The van der Waals surface area contributed by atoms with E-state index in [1.165, 1.54) is 5.57 Å². The van der Waals surface area contributed by atoms with E-state index in [9.17, 15) is 9.59 Å². The van der Waals surface area contributed by atoms with Crippen LogP contribution in [0.3, 0.4) is 0 Å². The molecule has 20 heavy (non-hydrogen) atoms. The van der Waals surface area contributed by atoms with Crippen molar-refractivity contribution in [2.75, 3.05) is 13.1 Å². The summed E-state index contributed by atoms with van der Waals surface area (Å²) in [6.45, 7) is 11.6. The van der Waals surface area contributed by atoms with Crippen molar-refractivity contribution in [2.45, 2.75) is 53.9 Å². The van der Waals surface area contributed by atoms with Crippen molar-refractivity contribution in [3.05, 3.63) is 11.6 Å². The summed E-state index contributed by atoms with van der Waals surface area (Å²) in [4.78, 5) is 24.9. The lowest BCUT2D eigenvalue weighted by Crippen LogP contribution is -2.38. The maximum atomic E-state index is 12.3. The number of hydrogen-bond acceptors (Lipinski definition) is 2. The van der Waals surface area contributed by atoms with Gasteiger partial charge in [0.05, 0.1) is 6.42 Å². The minimum atomic E-state index is -0.851. The van der Waals surface area contributed by atoms with Gasteiger partial charge in [0.15, 0.2) is 0 Å². The molecular weight excluding hydrogens is 254 g/mol. The largest absolute Gasteiger partial charge is 0.481 e. The maximum absolute atomic E-state index is 12.3. The molecule has 1 aliphatic rings. The number of carboxylic acid groups (broad SMARTS) is 1. The van der Waals surface area contributed by atoms with Gasteiger partial charge < -0.3 is 10.0 Å². The maximum Gasteiger partial charge on any atom is 0.303 e. The molecule has 0 aromatic carbocycles. The molecule has 1 amide bonds. The number of amides is 1. The highest BCUT2D eigenvalue weighted by Gasteiger charge is 2.29. The number of carboxylic acids is 1. The van der Waals surface area contributed by atoms with Crippen molar-refractivity contribution in [3.63, 3.8) is 0 Å². The zero-order valence-corrected chi connectivity index (χ0v) is 13.3. The van der Waals surface area contributed by atoms with Crippen molar-refractivity contribution in [3.8, 4) is 0 Å². The monoisotopic (exact) mass is 281 g/mol. The molecule has 4 heteroatoms. The minimum Gasteiger partial charge on any atom is -0.481 e. The van der Waals surface area contributed by atoms with E-state index in [0.717, 1.165) is 13.0 Å². The molecule has 4 nitrogen and oxygen atoms in total. The Kier molecular flexibility index (Phi) is 5.00.